The van der Waals surface area contributed by atoms with Crippen molar-refractivity contribution in [3.63, 3.8) is 0 Å². The van der Waals surface area contributed by atoms with Crippen LogP contribution >= 0.6 is 11.3 Å². The van der Waals surface area contributed by atoms with Crippen molar-refractivity contribution in [1.29, 1.82) is 0 Å². The van der Waals surface area contributed by atoms with Gasteiger partial charge in [-0.15, -0.1) is 11.3 Å². The molecule has 2 unspecified atom stereocenters. The highest BCUT2D eigenvalue weighted by molar-refractivity contribution is 7.31. The van der Waals surface area contributed by atoms with Crippen molar-refractivity contribution >= 4 is 45.9 Å². The highest BCUT2D eigenvalue weighted by Crippen LogP contribution is 2.42. The molecule has 1 saturated heterocycles. The molecule has 1 aromatic heterocycles. The van der Waals surface area contributed by atoms with Crippen LogP contribution in [0, 0.1) is 5.92 Å². The van der Waals surface area contributed by atoms with Crippen LogP contribution in [0.2, 0.25) is 19.6 Å². The fraction of sp³-hybridized carbons (Fsp3) is 0.419. The van der Waals surface area contributed by atoms with E-state index >= 15 is 0 Å². The summed E-state index contributed by atoms with van der Waals surface area (Å²) < 4.78 is 2.82. The van der Waals surface area contributed by atoms with Crippen LogP contribution < -0.4 is 9.82 Å². The largest absolute Gasteiger partial charge is 0.473 e. The zero-order chi connectivity index (χ0) is 29.3. The summed E-state index contributed by atoms with van der Waals surface area (Å²) in [5, 5.41) is 31.0. The van der Waals surface area contributed by atoms with E-state index < -0.39 is 25.6 Å². The first kappa shape index (κ1) is 31.5. The summed E-state index contributed by atoms with van der Waals surface area (Å²) in [5.74, 6) is -3.45. The van der Waals surface area contributed by atoms with Gasteiger partial charge in [0.2, 0.25) is 0 Å². The second-order valence-electron chi connectivity index (χ2n) is 11.5. The first-order chi connectivity index (χ1) is 18.9. The molecular weight excluding hydrogens is 541 g/mol. The number of nitrogens with one attached hydrogen (secondary N) is 1. The Morgan fingerprint density at radius 3 is 2.27 bits per heavy atom. The van der Waals surface area contributed by atoms with Crippen molar-refractivity contribution in [2.24, 2.45) is 5.92 Å². The number of carbonyl (C=O) groups is 2. The van der Waals surface area contributed by atoms with Crippen molar-refractivity contribution in [2.75, 3.05) is 19.6 Å². The van der Waals surface area contributed by atoms with Crippen LogP contribution in [0.25, 0.3) is 10.1 Å². The molecular formula is C31H42N2O5SSi. The number of likely N-dealkylation sites (tertiary alicyclic amines) is 1. The topological polar surface area (TPSA) is 110 Å². The molecule has 2 aliphatic heterocycles. The number of nitrogens with zero attached hydrogens (tertiary/aromatic N) is 1. The molecule has 9 heteroatoms. The minimum absolute atomic E-state index is 0.202. The number of aliphatic hydroxyl groups is 1. The summed E-state index contributed by atoms with van der Waals surface area (Å²) in [5.41, 5.74) is 1.75. The molecule has 2 aromatic carbocycles. The van der Waals surface area contributed by atoms with E-state index in [1.165, 1.54) is 33.0 Å². The van der Waals surface area contributed by atoms with Gasteiger partial charge in [0, 0.05) is 42.4 Å². The van der Waals surface area contributed by atoms with Gasteiger partial charge in [-0.1, -0.05) is 81.2 Å². The maximum absolute atomic E-state index is 11.8. The fourth-order valence-corrected chi connectivity index (χ4v) is 8.06. The van der Waals surface area contributed by atoms with Gasteiger partial charge in [0.1, 0.15) is 0 Å². The summed E-state index contributed by atoms with van der Waals surface area (Å²) in [7, 11) is -1.36. The van der Waals surface area contributed by atoms with Crippen molar-refractivity contribution in [3.8, 4) is 0 Å². The van der Waals surface area contributed by atoms with Crippen molar-refractivity contribution in [3.05, 3.63) is 78.0 Å². The number of thiophene rings is 1. The third kappa shape index (κ3) is 8.51. The number of hydrogen-bond donors (Lipinski definition) is 4. The number of carboxylic acid groups (broad SMARTS) is 2. The minimum Gasteiger partial charge on any atom is -0.473 e. The quantitative estimate of drug-likeness (QED) is 0.247. The zero-order valence-electron chi connectivity index (χ0n) is 23.9. The third-order valence-corrected chi connectivity index (χ3v) is 12.0. The Morgan fingerprint density at radius 2 is 1.77 bits per heavy atom. The Hall–Kier alpha value is -2.98. The van der Waals surface area contributed by atoms with Gasteiger partial charge in [-0.3, -0.25) is 4.90 Å². The number of benzene rings is 2. The van der Waals surface area contributed by atoms with Crippen LogP contribution in [-0.4, -0.2) is 59.9 Å². The molecule has 0 saturated carbocycles. The Bertz CT molecular complexity index is 1280. The number of fused-ring (bicyclic) bond motifs is 1. The lowest BCUT2D eigenvalue weighted by molar-refractivity contribution is -0.159. The van der Waals surface area contributed by atoms with Gasteiger partial charge in [-0.05, 0) is 47.0 Å². The van der Waals surface area contributed by atoms with E-state index in [0.717, 1.165) is 38.2 Å². The third-order valence-electron chi connectivity index (χ3n) is 7.27. The molecule has 0 amide bonds. The van der Waals surface area contributed by atoms with E-state index in [2.05, 4.69) is 97.5 Å². The number of aliphatic carboxylic acids is 2. The second kappa shape index (κ2) is 14.1. The SMILES string of the molecule is C1=CNCCC1.CC1CN(Cc2ccccc2)CCC1(O)c1cccc2cc([Si](C)(C)C)sc12.O=C(O)C(=O)O. The van der Waals surface area contributed by atoms with Gasteiger partial charge < -0.3 is 20.6 Å². The highest BCUT2D eigenvalue weighted by Gasteiger charge is 2.41. The van der Waals surface area contributed by atoms with Crippen LogP contribution in [0.5, 0.6) is 0 Å². The lowest BCUT2D eigenvalue weighted by Crippen LogP contribution is -2.48. The van der Waals surface area contributed by atoms with E-state index in [1.54, 1.807) is 0 Å². The fourth-order valence-electron chi connectivity index (χ4n) is 4.94. The maximum atomic E-state index is 11.8. The molecule has 0 spiro atoms. The molecule has 0 bridgehead atoms. The summed E-state index contributed by atoms with van der Waals surface area (Å²) in [6.45, 7) is 13.4. The molecule has 2 atom stereocenters. The molecule has 216 valence electrons. The van der Waals surface area contributed by atoms with Crippen LogP contribution in [0.4, 0.5) is 0 Å². The van der Waals surface area contributed by atoms with Gasteiger partial charge in [0.25, 0.3) is 0 Å². The monoisotopic (exact) mass is 582 g/mol. The normalized spacial score (nSPS) is 20.9. The first-order valence-corrected chi connectivity index (χ1v) is 18.1. The predicted octanol–water partition coefficient (Wildman–Crippen LogP) is 5.22. The average molecular weight is 583 g/mol. The molecule has 3 aromatic rings. The summed E-state index contributed by atoms with van der Waals surface area (Å²) in [4.78, 5) is 20.7. The summed E-state index contributed by atoms with van der Waals surface area (Å²) >= 11 is 1.92. The van der Waals surface area contributed by atoms with Crippen LogP contribution in [-0.2, 0) is 21.7 Å². The number of rotatable bonds is 4. The molecule has 7 nitrogen and oxygen atoms in total. The second-order valence-corrected chi connectivity index (χ2v) is 17.9. The van der Waals surface area contributed by atoms with Crippen molar-refractivity contribution in [1.82, 2.24) is 10.2 Å². The number of piperidine rings is 1. The average Bonchev–Trinajstić information content (AvgIpc) is 3.39. The van der Waals surface area contributed by atoms with E-state index in [-0.39, 0.29) is 5.92 Å². The van der Waals surface area contributed by atoms with Crippen molar-refractivity contribution in [2.45, 2.75) is 58.0 Å². The van der Waals surface area contributed by atoms with Gasteiger partial charge in [0.05, 0.1) is 13.7 Å². The molecule has 0 radical (unpaired) electrons. The van der Waals surface area contributed by atoms with Gasteiger partial charge in [0.15, 0.2) is 0 Å². The van der Waals surface area contributed by atoms with Gasteiger partial charge in [-0.2, -0.15) is 0 Å². The molecule has 4 N–H and O–H groups in total. The number of allylic oxidation sites excluding steroid dienone is 1. The number of hydrogen-bond acceptors (Lipinski definition) is 6. The van der Waals surface area contributed by atoms with Crippen molar-refractivity contribution < 1.29 is 24.9 Å². The maximum Gasteiger partial charge on any atom is 0.414 e. The van der Waals surface area contributed by atoms with E-state index in [9.17, 15) is 5.11 Å². The standard InChI is InChI=1S/C24H31NOSSi.C5H9N.C2H2O4/c1-18-16-25(17-19-9-6-5-7-10-19)14-13-24(18,26)21-12-8-11-20-15-22(27-23(20)21)28(2,3)4;1-2-4-6-5-3-1;3-1(4)2(5)6/h5-12,15,18,26H,13-14,16-17H2,1-4H3;2,4,6H,1,3,5H2;(H,3,4)(H,5,6). The molecule has 3 heterocycles. The Balaban J connectivity index is 0.000000305. The molecule has 1 fully saturated rings. The van der Waals surface area contributed by atoms with Crippen LogP contribution in [0.3, 0.4) is 0 Å². The van der Waals surface area contributed by atoms with E-state index in [4.69, 9.17) is 19.8 Å². The molecule has 40 heavy (non-hydrogen) atoms. The summed E-state index contributed by atoms with van der Waals surface area (Å²) in [6, 6.07) is 19.5. The lowest BCUT2D eigenvalue weighted by atomic mass is 9.76. The van der Waals surface area contributed by atoms with E-state index in [1.807, 2.05) is 17.5 Å². The zero-order valence-corrected chi connectivity index (χ0v) is 25.7. The molecule has 5 rings (SSSR count). The Kier molecular flexibility index (Phi) is 11.1. The smallest absolute Gasteiger partial charge is 0.414 e. The van der Waals surface area contributed by atoms with Gasteiger partial charge >= 0.3 is 11.9 Å². The Morgan fingerprint density at radius 1 is 1.07 bits per heavy atom. The summed E-state index contributed by atoms with van der Waals surface area (Å²) in [6.07, 6.45) is 7.52. The van der Waals surface area contributed by atoms with Gasteiger partial charge in [-0.25, -0.2) is 9.59 Å². The van der Waals surface area contributed by atoms with Crippen LogP contribution in [0.1, 0.15) is 37.3 Å². The minimum atomic E-state index is -1.82. The van der Waals surface area contributed by atoms with Crippen LogP contribution in [0.15, 0.2) is 66.9 Å². The molecule has 0 aliphatic carbocycles. The Labute approximate surface area is 242 Å². The molecule has 2 aliphatic rings. The first-order valence-electron chi connectivity index (χ1n) is 13.8. The predicted molar refractivity (Wildman–Crippen MR) is 166 cm³/mol. The lowest BCUT2D eigenvalue weighted by Gasteiger charge is -2.44. The van der Waals surface area contributed by atoms with E-state index in [0.29, 0.717) is 0 Å². The highest BCUT2D eigenvalue weighted by atomic mass is 32.1. The number of carboxylic acids is 2.